The van der Waals surface area contributed by atoms with E-state index in [9.17, 15) is 0 Å². The second-order valence-corrected chi connectivity index (χ2v) is 8.52. The summed E-state index contributed by atoms with van der Waals surface area (Å²) in [5.74, 6) is 0.617. The largest absolute Gasteiger partial charge is 0.381 e. The number of morpholine rings is 1. The molecule has 1 fully saturated rings. The van der Waals surface area contributed by atoms with Gasteiger partial charge in [0.05, 0.1) is 48.7 Å². The summed E-state index contributed by atoms with van der Waals surface area (Å²) in [6, 6.07) is 6.00. The SMILES string of the molecule is CC(C)Nc1cc(-n2ncc3cc(C#N)cnc32)ncc1-n1cc(CCN2CCOCC2)nn1. The third-order valence-corrected chi connectivity index (χ3v) is 5.64. The third-order valence-electron chi connectivity index (χ3n) is 5.64. The first kappa shape index (κ1) is 21.9. The van der Waals surface area contributed by atoms with Crippen LogP contribution < -0.4 is 5.32 Å². The molecule has 11 nitrogen and oxygen atoms in total. The van der Waals surface area contributed by atoms with Crippen molar-refractivity contribution in [3.8, 4) is 17.6 Å². The van der Waals surface area contributed by atoms with Crippen molar-refractivity contribution in [2.45, 2.75) is 26.3 Å². The fourth-order valence-corrected chi connectivity index (χ4v) is 3.94. The molecule has 0 unspecified atom stereocenters. The molecule has 0 radical (unpaired) electrons. The molecule has 4 aromatic rings. The molecule has 0 atom stereocenters. The maximum atomic E-state index is 9.12. The van der Waals surface area contributed by atoms with Gasteiger partial charge in [0, 0.05) is 49.7 Å². The van der Waals surface area contributed by atoms with E-state index < -0.39 is 0 Å². The molecule has 5 rings (SSSR count). The maximum absolute atomic E-state index is 9.12. The summed E-state index contributed by atoms with van der Waals surface area (Å²) in [5.41, 5.74) is 3.73. The summed E-state index contributed by atoms with van der Waals surface area (Å²) >= 11 is 0. The zero-order chi connectivity index (χ0) is 23.5. The Hall–Kier alpha value is -3.88. The van der Waals surface area contributed by atoms with Gasteiger partial charge in [-0.05, 0) is 19.9 Å². The van der Waals surface area contributed by atoms with E-state index in [-0.39, 0.29) is 6.04 Å². The Balaban J connectivity index is 1.42. The van der Waals surface area contributed by atoms with Crippen LogP contribution in [0.3, 0.4) is 0 Å². The van der Waals surface area contributed by atoms with E-state index in [1.807, 2.05) is 12.3 Å². The van der Waals surface area contributed by atoms with Crippen molar-refractivity contribution in [1.82, 2.24) is 39.6 Å². The van der Waals surface area contributed by atoms with Crippen molar-refractivity contribution >= 4 is 16.7 Å². The molecule has 1 saturated heterocycles. The first-order valence-electron chi connectivity index (χ1n) is 11.3. The van der Waals surface area contributed by atoms with Gasteiger partial charge < -0.3 is 10.1 Å². The highest BCUT2D eigenvalue weighted by molar-refractivity contribution is 5.77. The van der Waals surface area contributed by atoms with Crippen LogP contribution in [0.1, 0.15) is 25.1 Å². The van der Waals surface area contributed by atoms with Gasteiger partial charge >= 0.3 is 0 Å². The van der Waals surface area contributed by atoms with Crippen LogP contribution in [0, 0.1) is 11.3 Å². The highest BCUT2D eigenvalue weighted by Crippen LogP contribution is 2.24. The van der Waals surface area contributed by atoms with Crippen LogP contribution in [0.15, 0.2) is 36.9 Å². The molecule has 174 valence electrons. The van der Waals surface area contributed by atoms with E-state index in [0.29, 0.717) is 17.0 Å². The van der Waals surface area contributed by atoms with Gasteiger partial charge in [0.1, 0.15) is 11.8 Å². The fourth-order valence-electron chi connectivity index (χ4n) is 3.94. The van der Waals surface area contributed by atoms with Gasteiger partial charge in [-0.3, -0.25) is 4.90 Å². The molecule has 0 aromatic carbocycles. The second-order valence-electron chi connectivity index (χ2n) is 8.52. The Morgan fingerprint density at radius 3 is 2.79 bits per heavy atom. The fraction of sp³-hybridized carbons (Fsp3) is 0.391. The Kier molecular flexibility index (Phi) is 6.16. The molecule has 1 aliphatic heterocycles. The average Bonchev–Trinajstić information content (AvgIpc) is 3.50. The standard InChI is InChI=1S/C23H26N10O/c1-16(2)28-20-10-22(33-23-18(13-27-33)9-17(11-24)12-26-23)25-14-21(20)32-15-19(29-30-32)3-4-31-5-7-34-8-6-31/h9-10,12-16H,3-8H2,1-2H3,(H,25,28). The summed E-state index contributed by atoms with van der Waals surface area (Å²) in [7, 11) is 0. The quantitative estimate of drug-likeness (QED) is 0.443. The van der Waals surface area contributed by atoms with Crippen LogP contribution in [-0.2, 0) is 11.2 Å². The van der Waals surface area contributed by atoms with Crippen LogP contribution >= 0.6 is 0 Å². The molecular formula is C23H26N10O. The van der Waals surface area contributed by atoms with E-state index in [1.54, 1.807) is 27.8 Å². The zero-order valence-corrected chi connectivity index (χ0v) is 19.2. The molecule has 1 N–H and O–H groups in total. The number of pyridine rings is 2. The van der Waals surface area contributed by atoms with Gasteiger partial charge in [-0.25, -0.2) is 14.6 Å². The Bertz CT molecular complexity index is 1330. The normalized spacial score (nSPS) is 14.5. The summed E-state index contributed by atoms with van der Waals surface area (Å²) < 4.78 is 8.84. The summed E-state index contributed by atoms with van der Waals surface area (Å²) in [6.45, 7) is 8.57. The van der Waals surface area contributed by atoms with Gasteiger partial charge in [0.25, 0.3) is 0 Å². The van der Waals surface area contributed by atoms with Crippen molar-refractivity contribution in [2.75, 3.05) is 38.2 Å². The van der Waals surface area contributed by atoms with Crippen molar-refractivity contribution in [1.29, 1.82) is 5.26 Å². The summed E-state index contributed by atoms with van der Waals surface area (Å²) in [4.78, 5) is 11.4. The Morgan fingerprint density at radius 2 is 2.00 bits per heavy atom. The first-order chi connectivity index (χ1) is 16.6. The zero-order valence-electron chi connectivity index (χ0n) is 19.2. The lowest BCUT2D eigenvalue weighted by atomic mass is 10.2. The number of anilines is 1. The lowest BCUT2D eigenvalue weighted by Crippen LogP contribution is -2.37. The van der Waals surface area contributed by atoms with Crippen molar-refractivity contribution in [3.05, 3.63) is 48.2 Å². The molecule has 34 heavy (non-hydrogen) atoms. The number of nitrogens with zero attached hydrogens (tertiary/aromatic N) is 9. The smallest absolute Gasteiger partial charge is 0.164 e. The van der Waals surface area contributed by atoms with E-state index in [4.69, 9.17) is 10.00 Å². The van der Waals surface area contributed by atoms with E-state index >= 15 is 0 Å². The average molecular weight is 459 g/mol. The van der Waals surface area contributed by atoms with Gasteiger partial charge in [0.15, 0.2) is 11.5 Å². The number of rotatable bonds is 7. The molecule has 0 bridgehead atoms. The minimum absolute atomic E-state index is 0.198. The van der Waals surface area contributed by atoms with Crippen molar-refractivity contribution < 1.29 is 4.74 Å². The highest BCUT2D eigenvalue weighted by atomic mass is 16.5. The predicted octanol–water partition coefficient (Wildman–Crippen LogP) is 1.96. The Labute approximate surface area is 197 Å². The number of nitrogens with one attached hydrogen (secondary N) is 1. The number of nitriles is 1. The molecule has 0 saturated carbocycles. The lowest BCUT2D eigenvalue weighted by molar-refractivity contribution is 0.0383. The topological polar surface area (TPSA) is 123 Å². The lowest BCUT2D eigenvalue weighted by Gasteiger charge is -2.25. The number of hydrogen-bond donors (Lipinski definition) is 1. The van der Waals surface area contributed by atoms with Crippen LogP contribution in [0.25, 0.3) is 22.5 Å². The van der Waals surface area contributed by atoms with Gasteiger partial charge in [-0.15, -0.1) is 5.10 Å². The van der Waals surface area contributed by atoms with Gasteiger partial charge in [-0.1, -0.05) is 5.21 Å². The molecular weight excluding hydrogens is 432 g/mol. The van der Waals surface area contributed by atoms with E-state index in [1.165, 1.54) is 6.20 Å². The van der Waals surface area contributed by atoms with E-state index in [2.05, 4.69) is 55.5 Å². The molecule has 11 heteroatoms. The van der Waals surface area contributed by atoms with Gasteiger partial charge in [0.2, 0.25) is 0 Å². The minimum atomic E-state index is 0.198. The highest BCUT2D eigenvalue weighted by Gasteiger charge is 2.16. The summed E-state index contributed by atoms with van der Waals surface area (Å²) in [6.07, 6.45) is 7.77. The van der Waals surface area contributed by atoms with Gasteiger partial charge in [-0.2, -0.15) is 15.0 Å². The van der Waals surface area contributed by atoms with Crippen molar-refractivity contribution in [2.24, 2.45) is 0 Å². The molecule has 0 aliphatic carbocycles. The number of ether oxygens (including phenoxy) is 1. The number of fused-ring (bicyclic) bond motifs is 1. The van der Waals surface area contributed by atoms with Crippen LogP contribution in [0.5, 0.6) is 0 Å². The third kappa shape index (κ3) is 4.59. The molecule has 1 aliphatic rings. The second kappa shape index (κ2) is 9.54. The number of hydrogen-bond acceptors (Lipinski definition) is 9. The number of aromatic nitrogens is 7. The monoisotopic (exact) mass is 458 g/mol. The van der Waals surface area contributed by atoms with Crippen LogP contribution in [-0.4, -0.2) is 78.5 Å². The van der Waals surface area contributed by atoms with E-state index in [0.717, 1.165) is 61.7 Å². The van der Waals surface area contributed by atoms with Crippen LogP contribution in [0.4, 0.5) is 5.69 Å². The first-order valence-corrected chi connectivity index (χ1v) is 11.3. The molecule has 0 spiro atoms. The maximum Gasteiger partial charge on any atom is 0.164 e. The molecule has 0 amide bonds. The minimum Gasteiger partial charge on any atom is -0.381 e. The Morgan fingerprint density at radius 1 is 1.15 bits per heavy atom. The molecule has 5 heterocycles. The molecule has 4 aromatic heterocycles. The van der Waals surface area contributed by atoms with Crippen molar-refractivity contribution in [3.63, 3.8) is 0 Å². The van der Waals surface area contributed by atoms with Crippen LogP contribution in [0.2, 0.25) is 0 Å². The summed E-state index contributed by atoms with van der Waals surface area (Å²) in [5, 5.41) is 26.6. The predicted molar refractivity (Wildman–Crippen MR) is 126 cm³/mol.